The quantitative estimate of drug-likeness (QED) is 0.306. The molecule has 1 aromatic carbocycles. The summed E-state index contributed by atoms with van der Waals surface area (Å²) in [5, 5.41) is 10.5. The zero-order valence-corrected chi connectivity index (χ0v) is 30.0. The lowest BCUT2D eigenvalue weighted by atomic mass is 9.81. The van der Waals surface area contributed by atoms with Crippen LogP contribution in [0.15, 0.2) is 24.5 Å². The molecule has 10 heteroatoms. The number of carbonyl (C=O) groups is 1. The highest BCUT2D eigenvalue weighted by Gasteiger charge is 2.37. The Bertz CT molecular complexity index is 1670. The number of hydrogen-bond donors (Lipinski definition) is 1. The highest BCUT2D eigenvalue weighted by atomic mass is 16.5. The first-order chi connectivity index (χ1) is 22.7. The second-order valence-corrected chi connectivity index (χ2v) is 15.4. The van der Waals surface area contributed by atoms with E-state index < -0.39 is 17.7 Å². The van der Waals surface area contributed by atoms with Crippen LogP contribution >= 0.6 is 0 Å². The number of carboxylic acids is 1. The zero-order chi connectivity index (χ0) is 34.4. The summed E-state index contributed by atoms with van der Waals surface area (Å²) in [6.45, 7) is 22.9. The first-order valence-corrected chi connectivity index (χ1v) is 17.4. The Morgan fingerprint density at radius 1 is 0.917 bits per heavy atom. The van der Waals surface area contributed by atoms with Crippen LogP contribution in [-0.4, -0.2) is 77.6 Å². The average Bonchev–Trinajstić information content (AvgIpc) is 3.03. The number of piperidine rings is 1. The molecule has 0 radical (unpaired) electrons. The molecule has 258 valence electrons. The van der Waals surface area contributed by atoms with Gasteiger partial charge in [-0.15, -0.1) is 0 Å². The maximum Gasteiger partial charge on any atom is 0.337 e. The van der Waals surface area contributed by atoms with Gasteiger partial charge in [0.15, 0.2) is 6.10 Å². The second kappa shape index (κ2) is 13.3. The van der Waals surface area contributed by atoms with Crippen molar-refractivity contribution in [3.63, 3.8) is 0 Å². The molecule has 48 heavy (non-hydrogen) atoms. The van der Waals surface area contributed by atoms with Crippen molar-refractivity contribution in [2.45, 2.75) is 92.9 Å². The molecule has 3 aliphatic heterocycles. The van der Waals surface area contributed by atoms with Crippen molar-refractivity contribution in [2.24, 2.45) is 5.41 Å². The maximum atomic E-state index is 12.9. The van der Waals surface area contributed by atoms with Gasteiger partial charge < -0.3 is 29.3 Å². The number of carboxylic acid groups (broad SMARTS) is 1. The smallest absolute Gasteiger partial charge is 0.337 e. The summed E-state index contributed by atoms with van der Waals surface area (Å²) < 4.78 is 11.8. The van der Waals surface area contributed by atoms with Gasteiger partial charge in [0.05, 0.1) is 24.5 Å². The number of hydrogen-bond acceptors (Lipinski definition) is 9. The Kier molecular flexibility index (Phi) is 9.43. The molecule has 3 aromatic rings. The Balaban J connectivity index is 1.39. The minimum Gasteiger partial charge on any atom is -0.479 e. The topological polar surface area (TPSA) is 104 Å². The first-order valence-electron chi connectivity index (χ1n) is 17.4. The Labute approximate surface area is 285 Å². The van der Waals surface area contributed by atoms with Crippen LogP contribution < -0.4 is 14.7 Å². The third-order valence-electron chi connectivity index (χ3n) is 10.1. The number of pyridine rings is 1. The van der Waals surface area contributed by atoms with E-state index in [2.05, 4.69) is 65.6 Å². The van der Waals surface area contributed by atoms with E-state index in [1.807, 2.05) is 27.7 Å². The first kappa shape index (κ1) is 34.1. The van der Waals surface area contributed by atoms with Gasteiger partial charge in [-0.25, -0.2) is 14.8 Å². The minimum atomic E-state index is -1.13. The number of benzene rings is 1. The van der Waals surface area contributed by atoms with Crippen molar-refractivity contribution in [3.8, 4) is 11.1 Å². The summed E-state index contributed by atoms with van der Waals surface area (Å²) >= 11 is 0. The Morgan fingerprint density at radius 2 is 1.58 bits per heavy atom. The third kappa shape index (κ3) is 7.01. The molecule has 3 aliphatic rings. The van der Waals surface area contributed by atoms with E-state index in [0.29, 0.717) is 24.5 Å². The molecule has 2 aromatic heterocycles. The molecule has 2 fully saturated rings. The van der Waals surface area contributed by atoms with E-state index in [4.69, 9.17) is 19.4 Å². The molecule has 1 unspecified atom stereocenters. The van der Waals surface area contributed by atoms with Crippen LogP contribution in [0.2, 0.25) is 0 Å². The van der Waals surface area contributed by atoms with Crippen molar-refractivity contribution in [2.75, 3.05) is 60.6 Å². The van der Waals surface area contributed by atoms with Crippen LogP contribution in [0.4, 0.5) is 17.3 Å². The molecule has 0 bridgehead atoms. The van der Waals surface area contributed by atoms with Gasteiger partial charge in [-0.05, 0) is 82.9 Å². The van der Waals surface area contributed by atoms with Gasteiger partial charge >= 0.3 is 5.97 Å². The van der Waals surface area contributed by atoms with Gasteiger partial charge in [-0.1, -0.05) is 32.0 Å². The van der Waals surface area contributed by atoms with Crippen molar-refractivity contribution in [1.82, 2.24) is 15.0 Å². The van der Waals surface area contributed by atoms with Crippen LogP contribution in [0.25, 0.3) is 11.1 Å². The van der Waals surface area contributed by atoms with Gasteiger partial charge in [0, 0.05) is 67.3 Å². The maximum absolute atomic E-state index is 12.9. The summed E-state index contributed by atoms with van der Waals surface area (Å²) in [5.74, 6) is 0.982. The van der Waals surface area contributed by atoms with Crippen molar-refractivity contribution in [1.29, 1.82) is 0 Å². The number of ether oxygens (including phenoxy) is 2. The lowest BCUT2D eigenvalue weighted by molar-refractivity contribution is -0.160. The number of aliphatic carboxylic acids is 1. The number of nitrogens with zero attached hydrogens (tertiary/aromatic N) is 6. The molecular formula is C38H52N6O4. The third-order valence-corrected chi connectivity index (χ3v) is 10.1. The molecule has 1 N–H and O–H groups in total. The van der Waals surface area contributed by atoms with E-state index >= 15 is 0 Å². The minimum absolute atomic E-state index is 0.241. The molecule has 2 saturated heterocycles. The normalized spacial score (nSPS) is 18.9. The number of rotatable bonds is 7. The number of fused-ring (bicyclic) bond motifs is 1. The largest absolute Gasteiger partial charge is 0.479 e. The fraction of sp³-hybridized carbons (Fsp3) is 0.579. The van der Waals surface area contributed by atoms with Gasteiger partial charge in [0.2, 0.25) is 0 Å². The fourth-order valence-electron chi connectivity index (χ4n) is 7.49. The number of anilines is 3. The van der Waals surface area contributed by atoms with E-state index in [9.17, 15) is 9.90 Å². The predicted molar refractivity (Wildman–Crippen MR) is 190 cm³/mol. The summed E-state index contributed by atoms with van der Waals surface area (Å²) in [5.41, 5.74) is 8.58. The average molecular weight is 657 g/mol. The Hall–Kier alpha value is -3.76. The number of morpholine rings is 1. The molecule has 5 heterocycles. The molecule has 10 nitrogen and oxygen atoms in total. The SMILES string of the molecule is Cc1nc(C)c(C(OC(C)(C)C)C(=O)O)c(N2CCC(C)(C)CC2)c1-c1ccc2c(c1)CCN(c1ncnc(N3CCOCC3)c1C)C2. The second-order valence-electron chi connectivity index (χ2n) is 15.4. The monoisotopic (exact) mass is 656 g/mol. The Morgan fingerprint density at radius 3 is 2.23 bits per heavy atom. The van der Waals surface area contributed by atoms with Crippen molar-refractivity contribution < 1.29 is 19.4 Å². The zero-order valence-electron chi connectivity index (χ0n) is 30.0. The van der Waals surface area contributed by atoms with Crippen LogP contribution in [-0.2, 0) is 27.2 Å². The molecule has 1 atom stereocenters. The van der Waals surface area contributed by atoms with Gasteiger partial charge in [-0.2, -0.15) is 0 Å². The van der Waals surface area contributed by atoms with E-state index in [0.717, 1.165) is 98.2 Å². The van der Waals surface area contributed by atoms with E-state index in [1.165, 1.54) is 11.1 Å². The lowest BCUT2D eigenvalue weighted by Crippen LogP contribution is -2.39. The lowest BCUT2D eigenvalue weighted by Gasteiger charge is -2.41. The number of aromatic nitrogens is 3. The molecule has 6 rings (SSSR count). The summed E-state index contributed by atoms with van der Waals surface area (Å²) in [6, 6.07) is 6.73. The molecule has 0 saturated carbocycles. The highest BCUT2D eigenvalue weighted by Crippen LogP contribution is 2.45. The van der Waals surface area contributed by atoms with Crippen LogP contribution in [0, 0.1) is 26.2 Å². The molecular weight excluding hydrogens is 604 g/mol. The summed E-state index contributed by atoms with van der Waals surface area (Å²) in [6.07, 6.45) is 3.49. The summed E-state index contributed by atoms with van der Waals surface area (Å²) in [4.78, 5) is 34.3. The van der Waals surface area contributed by atoms with E-state index in [1.54, 1.807) is 6.33 Å². The fourth-order valence-corrected chi connectivity index (χ4v) is 7.49. The van der Waals surface area contributed by atoms with Gasteiger partial charge in [0.25, 0.3) is 0 Å². The number of aryl methyl sites for hydroxylation is 2. The van der Waals surface area contributed by atoms with Crippen LogP contribution in [0.1, 0.15) is 87.2 Å². The van der Waals surface area contributed by atoms with E-state index in [-0.39, 0.29) is 5.41 Å². The molecule has 0 amide bonds. The molecule has 0 spiro atoms. The molecule has 0 aliphatic carbocycles. The van der Waals surface area contributed by atoms with Crippen LogP contribution in [0.3, 0.4) is 0 Å². The van der Waals surface area contributed by atoms with Gasteiger partial charge in [0.1, 0.15) is 18.0 Å². The highest BCUT2D eigenvalue weighted by molar-refractivity contribution is 5.88. The predicted octanol–water partition coefficient (Wildman–Crippen LogP) is 6.43. The van der Waals surface area contributed by atoms with Gasteiger partial charge in [-0.3, -0.25) is 4.98 Å². The van der Waals surface area contributed by atoms with Crippen molar-refractivity contribution in [3.05, 3.63) is 58.2 Å². The summed E-state index contributed by atoms with van der Waals surface area (Å²) in [7, 11) is 0. The standard InChI is InChI=1S/C38H52N6O4/c1-24-34(43-17-19-47-20-18-43)39-23-40-35(24)44-14-11-27-21-28(9-10-29(27)22-44)30-25(2)41-26(3)31(33(36(45)46)48-37(4,5)6)32(30)42-15-12-38(7,8)13-16-42/h9-10,21,23,33H,11-20,22H2,1-8H3,(H,45,46). The van der Waals surface area contributed by atoms with Crippen LogP contribution in [0.5, 0.6) is 0 Å². The van der Waals surface area contributed by atoms with Crippen molar-refractivity contribution >= 4 is 23.3 Å².